The molecule has 0 spiro atoms. The fourth-order valence-electron chi connectivity index (χ4n) is 3.53. The minimum absolute atomic E-state index is 0.00628. The molecule has 1 aliphatic carbocycles. The van der Waals surface area contributed by atoms with Crippen molar-refractivity contribution in [3.63, 3.8) is 0 Å². The van der Waals surface area contributed by atoms with Crippen molar-refractivity contribution in [2.24, 2.45) is 0 Å². The van der Waals surface area contributed by atoms with Gasteiger partial charge in [-0.15, -0.1) is 11.3 Å². The Bertz CT molecular complexity index is 625. The van der Waals surface area contributed by atoms with Gasteiger partial charge in [0.2, 0.25) is 5.91 Å². The van der Waals surface area contributed by atoms with Crippen LogP contribution in [0, 0.1) is 11.3 Å². The average molecular weight is 333 g/mol. The molecule has 1 aliphatic heterocycles. The van der Waals surface area contributed by atoms with Gasteiger partial charge in [-0.3, -0.25) is 9.69 Å². The second kappa shape index (κ2) is 7.00. The quantitative estimate of drug-likeness (QED) is 0.919. The van der Waals surface area contributed by atoms with E-state index in [1.807, 2.05) is 0 Å². The standard InChI is InChI=1S/C17H23N3O2S/c1-11-9-20(10-12(2)22-11)7-6-16(21)19-17-14(8-18)13-4-3-5-15(13)23-17/h11-12H,3-7,9-10H2,1-2H3,(H,19,21)/t11-,12-/m1/s1. The van der Waals surface area contributed by atoms with Crippen LogP contribution in [0.2, 0.25) is 0 Å². The van der Waals surface area contributed by atoms with Gasteiger partial charge in [0.1, 0.15) is 11.1 Å². The maximum Gasteiger partial charge on any atom is 0.226 e. The number of aryl methyl sites for hydroxylation is 1. The predicted octanol–water partition coefficient (Wildman–Crippen LogP) is 2.55. The molecule has 3 rings (SSSR count). The lowest BCUT2D eigenvalue weighted by Gasteiger charge is -2.35. The van der Waals surface area contributed by atoms with Gasteiger partial charge in [-0.25, -0.2) is 0 Å². The number of hydrogen-bond acceptors (Lipinski definition) is 5. The van der Waals surface area contributed by atoms with Crippen LogP contribution in [0.1, 0.15) is 42.7 Å². The maximum absolute atomic E-state index is 12.2. The largest absolute Gasteiger partial charge is 0.373 e. The van der Waals surface area contributed by atoms with E-state index < -0.39 is 0 Å². The van der Waals surface area contributed by atoms with Gasteiger partial charge in [0.05, 0.1) is 17.8 Å². The number of fused-ring (bicyclic) bond motifs is 1. The molecule has 1 saturated heterocycles. The molecular weight excluding hydrogens is 310 g/mol. The average Bonchev–Trinajstić information content (AvgIpc) is 3.04. The third-order valence-electron chi connectivity index (χ3n) is 4.44. The van der Waals surface area contributed by atoms with E-state index >= 15 is 0 Å². The summed E-state index contributed by atoms with van der Waals surface area (Å²) < 4.78 is 5.71. The number of nitriles is 1. The number of nitrogens with one attached hydrogen (secondary N) is 1. The first-order valence-electron chi connectivity index (χ1n) is 8.29. The van der Waals surface area contributed by atoms with Gasteiger partial charge in [-0.1, -0.05) is 0 Å². The predicted molar refractivity (Wildman–Crippen MR) is 90.8 cm³/mol. The van der Waals surface area contributed by atoms with E-state index in [1.54, 1.807) is 11.3 Å². The molecule has 23 heavy (non-hydrogen) atoms. The van der Waals surface area contributed by atoms with Crippen LogP contribution in [0.5, 0.6) is 0 Å². The number of anilines is 1. The lowest BCUT2D eigenvalue weighted by Crippen LogP contribution is -2.46. The fraction of sp³-hybridized carbons (Fsp3) is 0.647. The van der Waals surface area contributed by atoms with Crippen molar-refractivity contribution in [1.82, 2.24) is 4.90 Å². The van der Waals surface area contributed by atoms with Gasteiger partial charge in [0.25, 0.3) is 0 Å². The molecule has 0 aromatic carbocycles. The minimum atomic E-state index is -0.00628. The SMILES string of the molecule is C[C@@H]1CN(CCC(=O)Nc2sc3c(c2C#N)CCC3)C[C@@H](C)O1. The van der Waals surface area contributed by atoms with Crippen molar-refractivity contribution < 1.29 is 9.53 Å². The van der Waals surface area contributed by atoms with Crippen molar-refractivity contribution >= 4 is 22.2 Å². The lowest BCUT2D eigenvalue weighted by atomic mass is 10.1. The minimum Gasteiger partial charge on any atom is -0.373 e. The summed E-state index contributed by atoms with van der Waals surface area (Å²) in [6.45, 7) is 6.60. The number of hydrogen-bond donors (Lipinski definition) is 1. The topological polar surface area (TPSA) is 65.4 Å². The van der Waals surface area contributed by atoms with Gasteiger partial charge < -0.3 is 10.1 Å². The molecule has 2 atom stereocenters. The number of carbonyl (C=O) groups is 1. The Kier molecular flexibility index (Phi) is 5.00. The number of ether oxygens (including phenoxy) is 1. The van der Waals surface area contributed by atoms with Crippen LogP contribution in [0.3, 0.4) is 0 Å². The van der Waals surface area contributed by atoms with Crippen LogP contribution in [0.4, 0.5) is 5.00 Å². The third-order valence-corrected chi connectivity index (χ3v) is 5.64. The third kappa shape index (κ3) is 3.74. The summed E-state index contributed by atoms with van der Waals surface area (Å²) in [5.74, 6) is -0.00628. The number of rotatable bonds is 4. The Morgan fingerprint density at radius 2 is 2.13 bits per heavy atom. The van der Waals surface area contributed by atoms with E-state index in [1.165, 1.54) is 4.88 Å². The normalized spacial score (nSPS) is 24.2. The summed E-state index contributed by atoms with van der Waals surface area (Å²) in [7, 11) is 0. The highest BCUT2D eigenvalue weighted by Gasteiger charge is 2.24. The van der Waals surface area contributed by atoms with Crippen LogP contribution >= 0.6 is 11.3 Å². The molecule has 1 fully saturated rings. The zero-order chi connectivity index (χ0) is 16.4. The Morgan fingerprint density at radius 3 is 2.83 bits per heavy atom. The molecule has 0 unspecified atom stereocenters. The number of amides is 1. The van der Waals surface area contributed by atoms with Crippen LogP contribution in [0.25, 0.3) is 0 Å². The molecule has 2 heterocycles. The summed E-state index contributed by atoms with van der Waals surface area (Å²) in [5.41, 5.74) is 1.84. The van der Waals surface area contributed by atoms with E-state index in [2.05, 4.69) is 30.1 Å². The molecular formula is C17H23N3O2S. The van der Waals surface area contributed by atoms with Gasteiger partial charge in [0.15, 0.2) is 0 Å². The molecule has 0 saturated carbocycles. The molecule has 2 aliphatic rings. The van der Waals surface area contributed by atoms with Gasteiger partial charge in [-0.05, 0) is 38.7 Å². The zero-order valence-corrected chi connectivity index (χ0v) is 14.5. The van der Waals surface area contributed by atoms with E-state index in [0.29, 0.717) is 12.0 Å². The molecule has 5 nitrogen and oxygen atoms in total. The number of nitrogens with zero attached hydrogens (tertiary/aromatic N) is 2. The van der Waals surface area contributed by atoms with Gasteiger partial charge >= 0.3 is 0 Å². The van der Waals surface area contributed by atoms with Crippen molar-refractivity contribution in [1.29, 1.82) is 5.26 Å². The maximum atomic E-state index is 12.2. The van der Waals surface area contributed by atoms with E-state index in [4.69, 9.17) is 4.74 Å². The molecule has 0 bridgehead atoms. The highest BCUT2D eigenvalue weighted by Crippen LogP contribution is 2.38. The Labute approximate surface area is 141 Å². The molecule has 6 heteroatoms. The number of carbonyl (C=O) groups excluding carboxylic acids is 1. The van der Waals surface area contributed by atoms with Gasteiger partial charge in [0, 0.05) is 30.9 Å². The molecule has 124 valence electrons. The lowest BCUT2D eigenvalue weighted by molar-refractivity contribution is -0.117. The Balaban J connectivity index is 1.55. The molecule has 1 N–H and O–H groups in total. The summed E-state index contributed by atoms with van der Waals surface area (Å²) in [6.07, 6.45) is 4.01. The van der Waals surface area contributed by atoms with Crippen LogP contribution in [-0.4, -0.2) is 42.6 Å². The second-order valence-corrected chi connectivity index (χ2v) is 7.59. The van der Waals surface area contributed by atoms with E-state index in [9.17, 15) is 10.1 Å². The summed E-state index contributed by atoms with van der Waals surface area (Å²) in [4.78, 5) is 15.8. The molecule has 1 aromatic rings. The smallest absolute Gasteiger partial charge is 0.226 e. The van der Waals surface area contributed by atoms with Gasteiger partial charge in [-0.2, -0.15) is 5.26 Å². The van der Waals surface area contributed by atoms with Crippen LogP contribution in [-0.2, 0) is 22.4 Å². The zero-order valence-electron chi connectivity index (χ0n) is 13.7. The van der Waals surface area contributed by atoms with E-state index in [0.717, 1.165) is 49.5 Å². The summed E-state index contributed by atoms with van der Waals surface area (Å²) in [5, 5.41) is 13.1. The fourth-order valence-corrected chi connectivity index (χ4v) is 4.78. The van der Waals surface area contributed by atoms with Crippen molar-refractivity contribution in [2.45, 2.75) is 51.7 Å². The monoisotopic (exact) mass is 333 g/mol. The molecule has 1 aromatic heterocycles. The second-order valence-electron chi connectivity index (χ2n) is 6.49. The first-order chi connectivity index (χ1) is 11.1. The highest BCUT2D eigenvalue weighted by atomic mass is 32.1. The van der Waals surface area contributed by atoms with Crippen LogP contribution < -0.4 is 5.32 Å². The Morgan fingerprint density at radius 1 is 1.39 bits per heavy atom. The molecule has 1 amide bonds. The first-order valence-corrected chi connectivity index (χ1v) is 9.10. The van der Waals surface area contributed by atoms with Crippen molar-refractivity contribution in [3.8, 4) is 6.07 Å². The summed E-state index contributed by atoms with van der Waals surface area (Å²) in [6, 6.07) is 2.27. The van der Waals surface area contributed by atoms with Crippen molar-refractivity contribution in [3.05, 3.63) is 16.0 Å². The first kappa shape index (κ1) is 16.4. The molecule has 0 radical (unpaired) electrons. The summed E-state index contributed by atoms with van der Waals surface area (Å²) >= 11 is 1.58. The number of morpholine rings is 1. The highest BCUT2D eigenvalue weighted by molar-refractivity contribution is 7.16. The van der Waals surface area contributed by atoms with Crippen molar-refractivity contribution in [2.75, 3.05) is 25.0 Å². The van der Waals surface area contributed by atoms with E-state index in [-0.39, 0.29) is 18.1 Å². The Hall–Kier alpha value is -1.42. The number of thiophene rings is 1. The van der Waals surface area contributed by atoms with Crippen LogP contribution in [0.15, 0.2) is 0 Å².